The van der Waals surface area contributed by atoms with Crippen molar-refractivity contribution in [2.24, 2.45) is 0 Å². The zero-order valence-electron chi connectivity index (χ0n) is 8.82. The van der Waals surface area contributed by atoms with Crippen LogP contribution in [0.25, 0.3) is 0 Å². The molecule has 0 atom stereocenters. The SMILES string of the molecule is C[N+](C)(C)CCOC(=O)c1cccs1. The lowest BCUT2D eigenvalue weighted by Crippen LogP contribution is -2.37. The Labute approximate surface area is 88.5 Å². The van der Waals surface area contributed by atoms with Crippen LogP contribution in [0.5, 0.6) is 0 Å². The minimum absolute atomic E-state index is 0.214. The van der Waals surface area contributed by atoms with E-state index in [2.05, 4.69) is 21.1 Å². The van der Waals surface area contributed by atoms with Gasteiger partial charge in [-0.15, -0.1) is 11.3 Å². The highest BCUT2D eigenvalue weighted by Crippen LogP contribution is 2.09. The lowest BCUT2D eigenvalue weighted by molar-refractivity contribution is -0.870. The first kappa shape index (κ1) is 11.2. The molecule has 4 heteroatoms. The largest absolute Gasteiger partial charge is 0.456 e. The Balaban J connectivity index is 2.30. The Kier molecular flexibility index (Phi) is 3.66. The smallest absolute Gasteiger partial charge is 0.348 e. The lowest BCUT2D eigenvalue weighted by Gasteiger charge is -2.23. The number of nitrogens with zero attached hydrogens (tertiary/aromatic N) is 1. The van der Waals surface area contributed by atoms with Crippen molar-refractivity contribution in [2.45, 2.75) is 0 Å². The highest BCUT2D eigenvalue weighted by atomic mass is 32.1. The summed E-state index contributed by atoms with van der Waals surface area (Å²) >= 11 is 1.41. The molecular formula is C10H16NO2S+. The van der Waals surface area contributed by atoms with Crippen molar-refractivity contribution < 1.29 is 14.0 Å². The number of likely N-dealkylation sites (N-methyl/N-ethyl adjacent to an activating group) is 1. The summed E-state index contributed by atoms with van der Waals surface area (Å²) in [5.74, 6) is -0.214. The molecule has 1 heterocycles. The molecule has 1 aromatic rings. The molecule has 0 radical (unpaired) electrons. The summed E-state index contributed by atoms with van der Waals surface area (Å²) in [5.41, 5.74) is 0. The molecule has 0 N–H and O–H groups in total. The lowest BCUT2D eigenvalue weighted by atomic mass is 10.5. The van der Waals surface area contributed by atoms with Crippen LogP contribution in [0.15, 0.2) is 17.5 Å². The van der Waals surface area contributed by atoms with Gasteiger partial charge in [-0.25, -0.2) is 4.79 Å². The number of carbonyl (C=O) groups is 1. The number of thiophene rings is 1. The van der Waals surface area contributed by atoms with Crippen LogP contribution in [0.4, 0.5) is 0 Å². The first-order chi connectivity index (χ1) is 6.49. The van der Waals surface area contributed by atoms with Gasteiger partial charge in [-0.1, -0.05) is 6.07 Å². The van der Waals surface area contributed by atoms with E-state index in [1.165, 1.54) is 11.3 Å². The van der Waals surface area contributed by atoms with Crippen LogP contribution in [0.3, 0.4) is 0 Å². The van der Waals surface area contributed by atoms with E-state index in [1.54, 1.807) is 6.07 Å². The Hall–Kier alpha value is -0.870. The van der Waals surface area contributed by atoms with Crippen molar-refractivity contribution >= 4 is 17.3 Å². The van der Waals surface area contributed by atoms with Gasteiger partial charge in [-0.05, 0) is 11.4 Å². The van der Waals surface area contributed by atoms with Crippen LogP contribution in [0.2, 0.25) is 0 Å². The minimum atomic E-state index is -0.214. The third-order valence-electron chi connectivity index (χ3n) is 1.72. The Bertz CT molecular complexity index is 288. The summed E-state index contributed by atoms with van der Waals surface area (Å²) in [6, 6.07) is 3.63. The van der Waals surface area contributed by atoms with Gasteiger partial charge in [0.1, 0.15) is 18.0 Å². The maximum Gasteiger partial charge on any atom is 0.348 e. The number of rotatable bonds is 4. The predicted molar refractivity (Wildman–Crippen MR) is 57.5 cm³/mol. The molecule has 0 unspecified atom stereocenters. The molecule has 0 aliphatic carbocycles. The standard InChI is InChI=1S/C10H16NO2S/c1-11(2,3)6-7-13-10(12)9-5-4-8-14-9/h4-5,8H,6-7H2,1-3H3/q+1. The van der Waals surface area contributed by atoms with E-state index in [4.69, 9.17) is 4.74 Å². The van der Waals surface area contributed by atoms with E-state index in [-0.39, 0.29) is 5.97 Å². The molecule has 1 aromatic heterocycles. The van der Waals surface area contributed by atoms with Gasteiger partial charge in [-0.2, -0.15) is 0 Å². The fourth-order valence-electron chi connectivity index (χ4n) is 0.878. The Morgan fingerprint density at radius 3 is 2.71 bits per heavy atom. The van der Waals surface area contributed by atoms with Crippen LogP contribution in [0, 0.1) is 0 Å². The molecule has 0 amide bonds. The van der Waals surface area contributed by atoms with Crippen molar-refractivity contribution in [2.75, 3.05) is 34.3 Å². The molecule has 0 fully saturated rings. The van der Waals surface area contributed by atoms with Gasteiger partial charge < -0.3 is 9.22 Å². The number of ether oxygens (including phenoxy) is 1. The minimum Gasteiger partial charge on any atom is -0.456 e. The second-order valence-corrected chi connectivity index (χ2v) is 5.07. The third-order valence-corrected chi connectivity index (χ3v) is 2.57. The van der Waals surface area contributed by atoms with E-state index in [9.17, 15) is 4.79 Å². The second-order valence-electron chi connectivity index (χ2n) is 4.13. The zero-order valence-corrected chi connectivity index (χ0v) is 9.63. The fraction of sp³-hybridized carbons (Fsp3) is 0.500. The average molecular weight is 214 g/mol. The van der Waals surface area contributed by atoms with Crippen LogP contribution >= 0.6 is 11.3 Å². The van der Waals surface area contributed by atoms with Gasteiger partial charge in [0.25, 0.3) is 0 Å². The van der Waals surface area contributed by atoms with E-state index >= 15 is 0 Å². The molecule has 0 aliphatic rings. The predicted octanol–water partition coefficient (Wildman–Crippen LogP) is 1.61. The van der Waals surface area contributed by atoms with Crippen LogP contribution in [-0.4, -0.2) is 44.7 Å². The number of esters is 1. The van der Waals surface area contributed by atoms with Crippen LogP contribution < -0.4 is 0 Å². The van der Waals surface area contributed by atoms with Gasteiger partial charge in [0.15, 0.2) is 0 Å². The summed E-state index contributed by atoms with van der Waals surface area (Å²) < 4.78 is 5.92. The summed E-state index contributed by atoms with van der Waals surface area (Å²) in [4.78, 5) is 12.0. The quantitative estimate of drug-likeness (QED) is 0.562. The third kappa shape index (κ3) is 3.89. The summed E-state index contributed by atoms with van der Waals surface area (Å²) in [6.45, 7) is 1.30. The van der Waals surface area contributed by atoms with E-state index in [0.717, 1.165) is 11.0 Å². The van der Waals surface area contributed by atoms with Crippen molar-refractivity contribution in [1.29, 1.82) is 0 Å². The van der Waals surface area contributed by atoms with Crippen molar-refractivity contribution in [3.05, 3.63) is 22.4 Å². The van der Waals surface area contributed by atoms with Crippen LogP contribution in [-0.2, 0) is 4.74 Å². The molecular weight excluding hydrogens is 198 g/mol. The molecule has 0 bridgehead atoms. The number of hydrogen-bond donors (Lipinski definition) is 0. The molecule has 78 valence electrons. The molecule has 3 nitrogen and oxygen atoms in total. The van der Waals surface area contributed by atoms with E-state index in [0.29, 0.717) is 11.5 Å². The first-order valence-electron chi connectivity index (χ1n) is 4.50. The molecule has 14 heavy (non-hydrogen) atoms. The molecule has 0 spiro atoms. The Morgan fingerprint density at radius 1 is 1.50 bits per heavy atom. The van der Waals surface area contributed by atoms with Gasteiger partial charge >= 0.3 is 5.97 Å². The fourth-order valence-corrected chi connectivity index (χ4v) is 1.49. The molecule has 1 rings (SSSR count). The van der Waals surface area contributed by atoms with Gasteiger partial charge in [0, 0.05) is 0 Å². The van der Waals surface area contributed by atoms with E-state index < -0.39 is 0 Å². The van der Waals surface area contributed by atoms with Gasteiger partial charge in [0.05, 0.1) is 21.1 Å². The molecule has 0 aliphatic heterocycles. The number of carbonyl (C=O) groups excluding carboxylic acids is 1. The molecule has 0 aromatic carbocycles. The summed E-state index contributed by atoms with van der Waals surface area (Å²) in [6.07, 6.45) is 0. The first-order valence-corrected chi connectivity index (χ1v) is 5.38. The van der Waals surface area contributed by atoms with Gasteiger partial charge in [0.2, 0.25) is 0 Å². The van der Waals surface area contributed by atoms with Crippen molar-refractivity contribution in [3.63, 3.8) is 0 Å². The van der Waals surface area contributed by atoms with Crippen LogP contribution in [0.1, 0.15) is 9.67 Å². The average Bonchev–Trinajstić information content (AvgIpc) is 2.53. The second kappa shape index (κ2) is 4.57. The molecule has 0 saturated carbocycles. The summed E-state index contributed by atoms with van der Waals surface area (Å²) in [7, 11) is 6.21. The topological polar surface area (TPSA) is 26.3 Å². The van der Waals surface area contributed by atoms with Crippen molar-refractivity contribution in [1.82, 2.24) is 0 Å². The molecule has 0 saturated heterocycles. The maximum absolute atomic E-state index is 11.4. The Morgan fingerprint density at radius 2 is 2.21 bits per heavy atom. The highest BCUT2D eigenvalue weighted by Gasteiger charge is 2.11. The van der Waals surface area contributed by atoms with E-state index in [1.807, 2.05) is 11.4 Å². The maximum atomic E-state index is 11.4. The summed E-state index contributed by atoms with van der Waals surface area (Å²) in [5, 5.41) is 1.87. The highest BCUT2D eigenvalue weighted by molar-refractivity contribution is 7.11. The zero-order chi connectivity index (χ0) is 10.6. The van der Waals surface area contributed by atoms with Crippen molar-refractivity contribution in [3.8, 4) is 0 Å². The monoisotopic (exact) mass is 214 g/mol. The number of quaternary nitrogens is 1. The number of hydrogen-bond acceptors (Lipinski definition) is 3. The van der Waals surface area contributed by atoms with Gasteiger partial charge in [-0.3, -0.25) is 0 Å². The normalized spacial score (nSPS) is 11.4.